The summed E-state index contributed by atoms with van der Waals surface area (Å²) < 4.78 is 0. The first kappa shape index (κ1) is 13.1. The van der Waals surface area contributed by atoms with Crippen molar-refractivity contribution in [1.82, 2.24) is 0 Å². The van der Waals surface area contributed by atoms with E-state index in [1.54, 1.807) is 0 Å². The summed E-state index contributed by atoms with van der Waals surface area (Å²) >= 11 is 0. The van der Waals surface area contributed by atoms with E-state index in [0.717, 1.165) is 32.4 Å². The van der Waals surface area contributed by atoms with Crippen LogP contribution in [-0.2, 0) is 4.79 Å². The quantitative estimate of drug-likeness (QED) is 0.762. The van der Waals surface area contributed by atoms with Gasteiger partial charge in [0.15, 0.2) is 0 Å². The Labute approximate surface area is 110 Å². The summed E-state index contributed by atoms with van der Waals surface area (Å²) in [6.45, 7) is 4.18. The van der Waals surface area contributed by atoms with Crippen LogP contribution in [0.25, 0.3) is 0 Å². The third-order valence-electron chi connectivity index (χ3n) is 3.77. The van der Waals surface area contributed by atoms with Gasteiger partial charge in [0.1, 0.15) is 5.78 Å². The zero-order valence-corrected chi connectivity index (χ0v) is 11.3. The van der Waals surface area contributed by atoms with Gasteiger partial charge in [0, 0.05) is 31.1 Å². The molecule has 18 heavy (non-hydrogen) atoms. The van der Waals surface area contributed by atoms with Crippen molar-refractivity contribution in [3.05, 3.63) is 30.3 Å². The molecule has 0 radical (unpaired) electrons. The van der Waals surface area contributed by atoms with Crippen LogP contribution in [0.5, 0.6) is 0 Å². The van der Waals surface area contributed by atoms with Crippen LogP contribution in [0.3, 0.4) is 0 Å². The molecule has 1 atom stereocenters. The predicted molar refractivity (Wildman–Crippen MR) is 75.9 cm³/mol. The van der Waals surface area contributed by atoms with E-state index in [1.807, 2.05) is 6.07 Å². The highest BCUT2D eigenvalue weighted by molar-refractivity contribution is 5.83. The van der Waals surface area contributed by atoms with E-state index in [2.05, 4.69) is 36.1 Å². The summed E-state index contributed by atoms with van der Waals surface area (Å²) in [5, 5.41) is 0. The second-order valence-corrected chi connectivity index (χ2v) is 5.19. The first-order valence-electron chi connectivity index (χ1n) is 7.14. The van der Waals surface area contributed by atoms with Crippen LogP contribution in [-0.4, -0.2) is 18.9 Å². The van der Waals surface area contributed by atoms with Gasteiger partial charge < -0.3 is 4.90 Å². The number of carbonyl (C=O) groups is 1. The van der Waals surface area contributed by atoms with Crippen LogP contribution in [0.15, 0.2) is 30.3 Å². The summed E-state index contributed by atoms with van der Waals surface area (Å²) in [5.41, 5.74) is 1.26. The van der Waals surface area contributed by atoms with Crippen molar-refractivity contribution >= 4 is 11.5 Å². The van der Waals surface area contributed by atoms with Crippen molar-refractivity contribution < 1.29 is 4.79 Å². The van der Waals surface area contributed by atoms with Gasteiger partial charge in [-0.1, -0.05) is 31.5 Å². The lowest BCUT2D eigenvalue weighted by atomic mass is 10.1. The molecule has 1 aromatic rings. The van der Waals surface area contributed by atoms with E-state index in [1.165, 1.54) is 18.5 Å². The second-order valence-electron chi connectivity index (χ2n) is 5.19. The maximum Gasteiger partial charge on any atom is 0.137 e. The van der Waals surface area contributed by atoms with Gasteiger partial charge in [0.05, 0.1) is 0 Å². The Bertz CT molecular complexity index is 374. The van der Waals surface area contributed by atoms with Gasteiger partial charge in [-0.25, -0.2) is 0 Å². The van der Waals surface area contributed by atoms with Crippen LogP contribution >= 0.6 is 0 Å². The average Bonchev–Trinajstić information content (AvgIpc) is 2.81. The molecule has 1 aromatic carbocycles. The Balaban J connectivity index is 2.03. The van der Waals surface area contributed by atoms with Gasteiger partial charge in [-0.15, -0.1) is 0 Å². The number of nitrogens with zero attached hydrogens (tertiary/aromatic N) is 1. The molecule has 1 saturated carbocycles. The number of benzene rings is 1. The zero-order chi connectivity index (χ0) is 12.8. The van der Waals surface area contributed by atoms with Gasteiger partial charge in [-0.3, -0.25) is 4.79 Å². The SMILES string of the molecule is CCCCN(CC1CCCC1=O)c1ccccc1. The van der Waals surface area contributed by atoms with E-state index >= 15 is 0 Å². The summed E-state index contributed by atoms with van der Waals surface area (Å²) in [6.07, 6.45) is 5.34. The molecule has 0 N–H and O–H groups in total. The fourth-order valence-electron chi connectivity index (χ4n) is 2.66. The maximum atomic E-state index is 11.8. The van der Waals surface area contributed by atoms with Crippen LogP contribution < -0.4 is 4.90 Å². The van der Waals surface area contributed by atoms with Crippen LogP contribution in [0.1, 0.15) is 39.0 Å². The Morgan fingerprint density at radius 2 is 2.06 bits per heavy atom. The molecule has 1 aliphatic rings. The number of ketones is 1. The lowest BCUT2D eigenvalue weighted by Gasteiger charge is -2.27. The van der Waals surface area contributed by atoms with Crippen molar-refractivity contribution in [2.45, 2.75) is 39.0 Å². The number of hydrogen-bond donors (Lipinski definition) is 0. The molecular weight excluding hydrogens is 222 g/mol. The van der Waals surface area contributed by atoms with Crippen LogP contribution in [0.4, 0.5) is 5.69 Å². The minimum Gasteiger partial charge on any atom is -0.371 e. The number of para-hydroxylation sites is 1. The molecule has 0 spiro atoms. The van der Waals surface area contributed by atoms with Crippen molar-refractivity contribution in [3.8, 4) is 0 Å². The Morgan fingerprint density at radius 1 is 1.28 bits per heavy atom. The molecular formula is C16H23NO. The summed E-state index contributed by atoms with van der Waals surface area (Å²) in [7, 11) is 0. The third kappa shape index (κ3) is 3.34. The van der Waals surface area contributed by atoms with Crippen molar-refractivity contribution in [1.29, 1.82) is 0 Å². The average molecular weight is 245 g/mol. The minimum absolute atomic E-state index is 0.266. The molecule has 1 unspecified atom stereocenters. The zero-order valence-electron chi connectivity index (χ0n) is 11.3. The fourth-order valence-corrected chi connectivity index (χ4v) is 2.66. The van der Waals surface area contributed by atoms with Gasteiger partial charge in [-0.05, 0) is 31.4 Å². The number of anilines is 1. The Kier molecular flexibility index (Phi) is 4.80. The molecule has 0 aromatic heterocycles. The summed E-state index contributed by atoms with van der Waals surface area (Å²) in [5.74, 6) is 0.731. The molecule has 0 heterocycles. The highest BCUT2D eigenvalue weighted by atomic mass is 16.1. The minimum atomic E-state index is 0.266. The molecule has 98 valence electrons. The summed E-state index contributed by atoms with van der Waals surface area (Å²) in [6, 6.07) is 10.5. The van der Waals surface area contributed by atoms with Crippen LogP contribution in [0, 0.1) is 5.92 Å². The number of carbonyl (C=O) groups excluding carboxylic acids is 1. The maximum absolute atomic E-state index is 11.8. The monoisotopic (exact) mass is 245 g/mol. The van der Waals surface area contributed by atoms with E-state index in [-0.39, 0.29) is 5.92 Å². The largest absolute Gasteiger partial charge is 0.371 e. The van der Waals surface area contributed by atoms with E-state index in [0.29, 0.717) is 5.78 Å². The fraction of sp³-hybridized carbons (Fsp3) is 0.562. The number of rotatable bonds is 6. The first-order chi connectivity index (χ1) is 8.81. The molecule has 2 nitrogen and oxygen atoms in total. The molecule has 2 rings (SSSR count). The van der Waals surface area contributed by atoms with Crippen molar-refractivity contribution in [2.75, 3.05) is 18.0 Å². The van der Waals surface area contributed by atoms with Crippen LogP contribution in [0.2, 0.25) is 0 Å². The highest BCUT2D eigenvalue weighted by Crippen LogP contribution is 2.25. The van der Waals surface area contributed by atoms with Gasteiger partial charge in [0.25, 0.3) is 0 Å². The normalized spacial score (nSPS) is 19.2. The Morgan fingerprint density at radius 3 is 2.67 bits per heavy atom. The molecule has 0 amide bonds. The summed E-state index contributed by atoms with van der Waals surface area (Å²) in [4.78, 5) is 14.2. The molecule has 0 saturated heterocycles. The second kappa shape index (κ2) is 6.58. The lowest BCUT2D eigenvalue weighted by Crippen LogP contribution is -2.32. The van der Waals surface area contributed by atoms with E-state index < -0.39 is 0 Å². The highest BCUT2D eigenvalue weighted by Gasteiger charge is 2.26. The van der Waals surface area contributed by atoms with E-state index in [4.69, 9.17) is 0 Å². The standard InChI is InChI=1S/C16H23NO/c1-2-3-12-17(15-9-5-4-6-10-15)13-14-8-7-11-16(14)18/h4-6,9-10,14H,2-3,7-8,11-13H2,1H3. The van der Waals surface area contributed by atoms with Gasteiger partial charge in [0.2, 0.25) is 0 Å². The molecule has 1 aliphatic carbocycles. The molecule has 2 heteroatoms. The number of hydrogen-bond acceptors (Lipinski definition) is 2. The number of unbranched alkanes of at least 4 members (excludes halogenated alkanes) is 1. The lowest BCUT2D eigenvalue weighted by molar-refractivity contribution is -0.120. The van der Waals surface area contributed by atoms with Gasteiger partial charge in [-0.2, -0.15) is 0 Å². The Hall–Kier alpha value is -1.31. The van der Waals surface area contributed by atoms with E-state index in [9.17, 15) is 4.79 Å². The van der Waals surface area contributed by atoms with Crippen molar-refractivity contribution in [2.24, 2.45) is 5.92 Å². The molecule has 0 bridgehead atoms. The van der Waals surface area contributed by atoms with Gasteiger partial charge >= 0.3 is 0 Å². The predicted octanol–water partition coefficient (Wildman–Crippen LogP) is 3.66. The topological polar surface area (TPSA) is 20.3 Å². The number of Topliss-reactive ketones (excluding diaryl/α,β-unsaturated/α-hetero) is 1. The first-order valence-corrected chi connectivity index (χ1v) is 7.14. The smallest absolute Gasteiger partial charge is 0.137 e. The molecule has 0 aliphatic heterocycles. The third-order valence-corrected chi connectivity index (χ3v) is 3.77. The molecule has 1 fully saturated rings. The van der Waals surface area contributed by atoms with Crippen molar-refractivity contribution in [3.63, 3.8) is 0 Å².